The molecule has 0 bridgehead atoms. The predicted molar refractivity (Wildman–Crippen MR) is 52.8 cm³/mol. The van der Waals surface area contributed by atoms with Gasteiger partial charge < -0.3 is 0 Å². The molecule has 1 aromatic rings. The quantitative estimate of drug-likeness (QED) is 0.576. The number of aliphatic imine (C=N–C) groups is 1. The lowest BCUT2D eigenvalue weighted by Crippen LogP contribution is -1.88. The third-order valence-electron chi connectivity index (χ3n) is 1.35. The molecule has 0 spiro atoms. The van der Waals surface area contributed by atoms with Crippen molar-refractivity contribution in [2.24, 2.45) is 4.99 Å². The Bertz CT molecular complexity index is 334. The lowest BCUT2D eigenvalue weighted by molar-refractivity contribution is 0.604. The van der Waals surface area contributed by atoms with Gasteiger partial charge in [0.15, 0.2) is 0 Å². The first kappa shape index (κ1) is 9.52. The predicted octanol–water partition coefficient (Wildman–Crippen LogP) is 3.19. The van der Waals surface area contributed by atoms with E-state index < -0.39 is 0 Å². The van der Waals surface area contributed by atoms with E-state index >= 15 is 0 Å². The fourth-order valence-electron chi connectivity index (χ4n) is 0.788. The largest absolute Gasteiger partial charge is 0.228 e. The fourth-order valence-corrected chi connectivity index (χ4v) is 1.26. The van der Waals surface area contributed by atoms with Gasteiger partial charge in [-0.3, -0.25) is 0 Å². The smallest absolute Gasteiger partial charge is 0.142 e. The van der Waals surface area contributed by atoms with Crippen LogP contribution in [-0.4, -0.2) is 5.16 Å². The molecule has 0 radical (unpaired) electrons. The van der Waals surface area contributed by atoms with Gasteiger partial charge in [0.25, 0.3) is 0 Å². The van der Waals surface area contributed by atoms with Gasteiger partial charge in [0.05, 0.1) is 16.2 Å². The molecular weight excluding hydrogens is 241 g/mol. The standard InChI is InChI=1S/C8H5BrFNS/c9-7-3-1-2-6(8(7)10)4-11-5-12/h1-3H,4H2. The van der Waals surface area contributed by atoms with Crippen LogP contribution in [-0.2, 0) is 6.54 Å². The highest BCUT2D eigenvalue weighted by Crippen LogP contribution is 2.18. The van der Waals surface area contributed by atoms with Crippen LogP contribution in [0.4, 0.5) is 4.39 Å². The van der Waals surface area contributed by atoms with Gasteiger partial charge in [0, 0.05) is 5.56 Å². The van der Waals surface area contributed by atoms with Crippen LogP contribution in [0.25, 0.3) is 0 Å². The Morgan fingerprint density at radius 3 is 3.00 bits per heavy atom. The second kappa shape index (κ2) is 4.45. The lowest BCUT2D eigenvalue weighted by Gasteiger charge is -1.99. The summed E-state index contributed by atoms with van der Waals surface area (Å²) in [5.74, 6) is -0.286. The zero-order valence-corrected chi connectivity index (χ0v) is 8.45. The van der Waals surface area contributed by atoms with Crippen molar-refractivity contribution in [2.75, 3.05) is 0 Å². The van der Waals surface area contributed by atoms with Gasteiger partial charge in [0.2, 0.25) is 0 Å². The minimum atomic E-state index is -0.286. The normalized spacial score (nSPS) is 9.17. The van der Waals surface area contributed by atoms with E-state index in [0.717, 1.165) is 0 Å². The third-order valence-corrected chi connectivity index (χ3v) is 2.09. The van der Waals surface area contributed by atoms with Crippen LogP contribution in [0.5, 0.6) is 0 Å². The molecule has 0 N–H and O–H groups in total. The average Bonchev–Trinajstić information content (AvgIpc) is 2.08. The van der Waals surface area contributed by atoms with Crippen molar-refractivity contribution in [2.45, 2.75) is 6.54 Å². The highest BCUT2D eigenvalue weighted by molar-refractivity contribution is 9.10. The molecule has 4 heteroatoms. The van der Waals surface area contributed by atoms with E-state index in [1.54, 1.807) is 18.2 Å². The molecule has 1 rings (SSSR count). The Labute approximate surface area is 83.4 Å². The average molecular weight is 246 g/mol. The van der Waals surface area contributed by atoms with Crippen LogP contribution in [0.1, 0.15) is 5.56 Å². The van der Waals surface area contributed by atoms with E-state index in [1.165, 1.54) is 0 Å². The Morgan fingerprint density at radius 1 is 1.58 bits per heavy atom. The first-order chi connectivity index (χ1) is 5.75. The van der Waals surface area contributed by atoms with Crippen LogP contribution in [0.3, 0.4) is 0 Å². The fraction of sp³-hybridized carbons (Fsp3) is 0.125. The Morgan fingerprint density at radius 2 is 2.33 bits per heavy atom. The summed E-state index contributed by atoms with van der Waals surface area (Å²) in [5, 5.41) is 2.19. The van der Waals surface area contributed by atoms with Gasteiger partial charge >= 0.3 is 0 Å². The number of nitrogens with zero attached hydrogens (tertiary/aromatic N) is 1. The summed E-state index contributed by atoms with van der Waals surface area (Å²) in [6.45, 7) is 0.245. The molecule has 1 aromatic carbocycles. The molecule has 0 aromatic heterocycles. The number of halogens is 2. The van der Waals surface area contributed by atoms with Gasteiger partial charge in [-0.2, -0.15) is 0 Å². The SMILES string of the molecule is Fc1c(Br)cccc1CN=C=S. The van der Waals surface area contributed by atoms with Crippen molar-refractivity contribution in [3.63, 3.8) is 0 Å². The topological polar surface area (TPSA) is 12.4 Å². The first-order valence-corrected chi connectivity index (χ1v) is 4.42. The van der Waals surface area contributed by atoms with Gasteiger partial charge in [-0.05, 0) is 34.2 Å². The van der Waals surface area contributed by atoms with Crippen LogP contribution < -0.4 is 0 Å². The molecule has 0 aliphatic rings. The summed E-state index contributed by atoms with van der Waals surface area (Å²) in [6, 6.07) is 5.05. The highest BCUT2D eigenvalue weighted by Gasteiger charge is 2.03. The van der Waals surface area contributed by atoms with Gasteiger partial charge in [0.1, 0.15) is 5.82 Å². The number of hydrogen-bond donors (Lipinski definition) is 0. The number of hydrogen-bond acceptors (Lipinski definition) is 2. The summed E-state index contributed by atoms with van der Waals surface area (Å²) < 4.78 is 13.6. The molecule has 0 atom stereocenters. The van der Waals surface area contributed by atoms with E-state index in [0.29, 0.717) is 10.0 Å². The number of rotatable bonds is 2. The van der Waals surface area contributed by atoms with E-state index in [4.69, 9.17) is 0 Å². The Balaban J connectivity index is 2.99. The van der Waals surface area contributed by atoms with Crippen molar-refractivity contribution in [1.29, 1.82) is 0 Å². The van der Waals surface area contributed by atoms with Crippen LogP contribution >= 0.6 is 28.1 Å². The zero-order chi connectivity index (χ0) is 8.97. The summed E-state index contributed by atoms with van der Waals surface area (Å²) in [7, 11) is 0. The van der Waals surface area contributed by atoms with E-state index in [2.05, 4.69) is 38.3 Å². The minimum Gasteiger partial charge on any atom is -0.228 e. The summed E-state index contributed by atoms with van der Waals surface area (Å²) in [5.41, 5.74) is 0.515. The molecule has 0 fully saturated rings. The molecule has 62 valence electrons. The summed E-state index contributed by atoms with van der Waals surface area (Å²) in [4.78, 5) is 3.65. The van der Waals surface area contributed by atoms with Gasteiger partial charge in [-0.15, -0.1) is 0 Å². The van der Waals surface area contributed by atoms with E-state index in [1.807, 2.05) is 0 Å². The molecule has 0 amide bonds. The molecule has 0 saturated heterocycles. The van der Waals surface area contributed by atoms with Crippen molar-refractivity contribution in [1.82, 2.24) is 0 Å². The second-order valence-electron chi connectivity index (χ2n) is 2.12. The van der Waals surface area contributed by atoms with Crippen molar-refractivity contribution >= 4 is 33.3 Å². The number of isothiocyanates is 1. The van der Waals surface area contributed by atoms with Crippen LogP contribution in [0, 0.1) is 5.82 Å². The number of thiocarbonyl (C=S) groups is 1. The molecule has 0 aliphatic heterocycles. The summed E-state index contributed by atoms with van der Waals surface area (Å²) in [6.07, 6.45) is 0. The van der Waals surface area contributed by atoms with E-state index in [9.17, 15) is 4.39 Å². The maximum Gasteiger partial charge on any atom is 0.142 e. The van der Waals surface area contributed by atoms with Crippen LogP contribution in [0.2, 0.25) is 0 Å². The zero-order valence-electron chi connectivity index (χ0n) is 6.05. The Kier molecular flexibility index (Phi) is 3.53. The molecule has 0 unspecified atom stereocenters. The van der Waals surface area contributed by atoms with Gasteiger partial charge in [-0.25, -0.2) is 9.38 Å². The van der Waals surface area contributed by atoms with Crippen LogP contribution in [0.15, 0.2) is 27.7 Å². The monoisotopic (exact) mass is 245 g/mol. The molecule has 1 nitrogen and oxygen atoms in total. The molecule has 0 saturated carbocycles. The first-order valence-electron chi connectivity index (χ1n) is 3.22. The van der Waals surface area contributed by atoms with Crippen molar-refractivity contribution < 1.29 is 4.39 Å². The molecular formula is C8H5BrFNS. The maximum absolute atomic E-state index is 13.2. The minimum absolute atomic E-state index is 0.245. The highest BCUT2D eigenvalue weighted by atomic mass is 79.9. The third kappa shape index (κ3) is 2.21. The molecule has 0 heterocycles. The molecule has 12 heavy (non-hydrogen) atoms. The Hall–Kier alpha value is -0.570. The second-order valence-corrected chi connectivity index (χ2v) is 3.16. The lowest BCUT2D eigenvalue weighted by atomic mass is 10.2. The van der Waals surface area contributed by atoms with Crippen molar-refractivity contribution in [3.05, 3.63) is 34.1 Å². The summed E-state index contributed by atoms with van der Waals surface area (Å²) >= 11 is 7.45. The number of benzene rings is 1. The molecule has 0 aliphatic carbocycles. The van der Waals surface area contributed by atoms with Gasteiger partial charge in [-0.1, -0.05) is 12.1 Å². The van der Waals surface area contributed by atoms with E-state index in [-0.39, 0.29) is 12.4 Å². The maximum atomic E-state index is 13.2. The van der Waals surface area contributed by atoms with Crippen molar-refractivity contribution in [3.8, 4) is 0 Å².